The fraction of sp³-hybridized carbons (Fsp3) is 0.211. The summed E-state index contributed by atoms with van der Waals surface area (Å²) in [7, 11) is -3.81. The molecule has 2 amide bonds. The number of rotatable bonds is 4. The molecular formula is C19H16N2O5S. The van der Waals surface area contributed by atoms with Crippen LogP contribution in [0.25, 0.3) is 0 Å². The van der Waals surface area contributed by atoms with Crippen LogP contribution in [-0.2, 0) is 10.0 Å². The molecular weight excluding hydrogens is 368 g/mol. The first-order valence-corrected chi connectivity index (χ1v) is 10.1. The van der Waals surface area contributed by atoms with E-state index in [2.05, 4.69) is 0 Å². The zero-order valence-electron chi connectivity index (χ0n) is 14.3. The standard InChI is InChI=1S/C19H16N2O5S/c22-17-9-10-21(16-8-4-3-7-15(16)17)27(25,26)12-11-20-18(23)13-5-1-2-6-14(13)19(20)24/h1-8H,9-12H2. The Morgan fingerprint density at radius 1 is 0.815 bits per heavy atom. The fourth-order valence-corrected chi connectivity index (χ4v) is 4.90. The van der Waals surface area contributed by atoms with E-state index in [9.17, 15) is 22.8 Å². The molecule has 0 atom stereocenters. The lowest BCUT2D eigenvalue weighted by molar-refractivity contribution is 0.0664. The molecule has 0 aliphatic carbocycles. The summed E-state index contributed by atoms with van der Waals surface area (Å²) in [6, 6.07) is 13.0. The maximum Gasteiger partial charge on any atom is 0.261 e. The van der Waals surface area contributed by atoms with Gasteiger partial charge >= 0.3 is 0 Å². The van der Waals surface area contributed by atoms with Gasteiger partial charge in [-0.25, -0.2) is 8.42 Å². The van der Waals surface area contributed by atoms with Crippen molar-refractivity contribution < 1.29 is 22.8 Å². The SMILES string of the molecule is O=C1CCN(S(=O)(=O)CCN2C(=O)c3ccccc3C2=O)c2ccccc21. The van der Waals surface area contributed by atoms with Crippen LogP contribution < -0.4 is 4.31 Å². The third-order valence-electron chi connectivity index (χ3n) is 4.80. The quantitative estimate of drug-likeness (QED) is 0.749. The Balaban J connectivity index is 1.56. The van der Waals surface area contributed by atoms with E-state index in [1.165, 1.54) is 4.31 Å². The molecule has 4 rings (SSSR count). The number of fused-ring (bicyclic) bond motifs is 2. The van der Waals surface area contributed by atoms with Crippen molar-refractivity contribution in [2.45, 2.75) is 6.42 Å². The van der Waals surface area contributed by atoms with Gasteiger partial charge in [0, 0.05) is 25.1 Å². The summed E-state index contributed by atoms with van der Waals surface area (Å²) in [5.41, 5.74) is 1.28. The highest BCUT2D eigenvalue weighted by molar-refractivity contribution is 7.92. The van der Waals surface area contributed by atoms with Crippen molar-refractivity contribution in [1.82, 2.24) is 4.90 Å². The van der Waals surface area contributed by atoms with Gasteiger partial charge in [0.25, 0.3) is 11.8 Å². The van der Waals surface area contributed by atoms with Crippen molar-refractivity contribution in [3.63, 3.8) is 0 Å². The van der Waals surface area contributed by atoms with Crippen LogP contribution >= 0.6 is 0 Å². The molecule has 7 nitrogen and oxygen atoms in total. The molecule has 27 heavy (non-hydrogen) atoms. The number of benzene rings is 2. The number of ketones is 1. The van der Waals surface area contributed by atoms with Gasteiger partial charge in [0.2, 0.25) is 10.0 Å². The van der Waals surface area contributed by atoms with E-state index in [0.29, 0.717) is 11.3 Å². The van der Waals surface area contributed by atoms with Crippen molar-refractivity contribution in [1.29, 1.82) is 0 Å². The van der Waals surface area contributed by atoms with Gasteiger partial charge in [-0.05, 0) is 24.3 Å². The molecule has 138 valence electrons. The van der Waals surface area contributed by atoms with Crippen molar-refractivity contribution >= 4 is 33.3 Å². The molecule has 2 aromatic rings. The lowest BCUT2D eigenvalue weighted by Gasteiger charge is -2.30. The zero-order chi connectivity index (χ0) is 19.2. The average molecular weight is 384 g/mol. The summed E-state index contributed by atoms with van der Waals surface area (Å²) >= 11 is 0. The number of hydrogen-bond donors (Lipinski definition) is 0. The Labute approximate surface area is 156 Å². The molecule has 2 heterocycles. The maximum absolute atomic E-state index is 12.9. The van der Waals surface area contributed by atoms with Crippen molar-refractivity contribution in [3.8, 4) is 0 Å². The van der Waals surface area contributed by atoms with Crippen LogP contribution in [0.5, 0.6) is 0 Å². The van der Waals surface area contributed by atoms with Crippen molar-refractivity contribution in [3.05, 3.63) is 65.2 Å². The van der Waals surface area contributed by atoms with E-state index in [1.807, 2.05) is 0 Å². The third-order valence-corrected chi connectivity index (χ3v) is 6.55. The molecule has 8 heteroatoms. The highest BCUT2D eigenvalue weighted by atomic mass is 32.2. The second kappa shape index (κ2) is 6.31. The Bertz CT molecular complexity index is 1040. The van der Waals surface area contributed by atoms with Crippen LogP contribution in [0, 0.1) is 0 Å². The molecule has 0 bridgehead atoms. The van der Waals surface area contributed by atoms with Crippen LogP contribution in [0.4, 0.5) is 5.69 Å². The summed E-state index contributed by atoms with van der Waals surface area (Å²) in [6.45, 7) is -0.179. The molecule has 0 N–H and O–H groups in total. The van der Waals surface area contributed by atoms with Gasteiger partial charge in [-0.15, -0.1) is 0 Å². The van der Waals surface area contributed by atoms with Crippen LogP contribution in [0.3, 0.4) is 0 Å². The van der Waals surface area contributed by atoms with Gasteiger partial charge in [0.1, 0.15) is 0 Å². The Morgan fingerprint density at radius 2 is 1.37 bits per heavy atom. The minimum Gasteiger partial charge on any atom is -0.294 e. The highest BCUT2D eigenvalue weighted by Gasteiger charge is 2.37. The van der Waals surface area contributed by atoms with E-state index >= 15 is 0 Å². The van der Waals surface area contributed by atoms with Crippen molar-refractivity contribution in [2.75, 3.05) is 23.1 Å². The molecule has 0 unspecified atom stereocenters. The molecule has 2 aromatic carbocycles. The van der Waals surface area contributed by atoms with Crippen molar-refractivity contribution in [2.24, 2.45) is 0 Å². The number of carbonyl (C=O) groups excluding carboxylic acids is 3. The van der Waals surface area contributed by atoms with E-state index in [-0.39, 0.29) is 36.4 Å². The second-order valence-electron chi connectivity index (χ2n) is 6.39. The molecule has 0 radical (unpaired) electrons. The van der Waals surface area contributed by atoms with Crippen LogP contribution in [-0.4, -0.2) is 49.8 Å². The lowest BCUT2D eigenvalue weighted by Crippen LogP contribution is -2.42. The molecule has 0 fully saturated rings. The molecule has 0 aromatic heterocycles. The first-order chi connectivity index (χ1) is 12.9. The predicted molar refractivity (Wildman–Crippen MR) is 98.3 cm³/mol. The van der Waals surface area contributed by atoms with Gasteiger partial charge in [0.15, 0.2) is 5.78 Å². The first-order valence-electron chi connectivity index (χ1n) is 8.48. The summed E-state index contributed by atoms with van der Waals surface area (Å²) in [4.78, 5) is 37.8. The summed E-state index contributed by atoms with van der Waals surface area (Å²) in [6.07, 6.45) is 0.100. The van der Waals surface area contributed by atoms with E-state index in [1.54, 1.807) is 48.5 Å². The lowest BCUT2D eigenvalue weighted by atomic mass is 10.0. The number of nitrogens with zero attached hydrogens (tertiary/aromatic N) is 2. The van der Waals surface area contributed by atoms with Crippen LogP contribution in [0.1, 0.15) is 37.5 Å². The molecule has 2 aliphatic heterocycles. The number of imide groups is 1. The Kier molecular flexibility index (Phi) is 4.07. The van der Waals surface area contributed by atoms with Gasteiger partial charge in [-0.3, -0.25) is 23.6 Å². The summed E-state index contributed by atoms with van der Waals surface area (Å²) in [5, 5.41) is 0. The number of hydrogen-bond acceptors (Lipinski definition) is 5. The Hall–Kier alpha value is -3.00. The number of carbonyl (C=O) groups is 3. The monoisotopic (exact) mass is 384 g/mol. The summed E-state index contributed by atoms with van der Waals surface area (Å²) < 4.78 is 26.9. The zero-order valence-corrected chi connectivity index (χ0v) is 15.1. The predicted octanol–water partition coefficient (Wildman–Crippen LogP) is 1.71. The topological polar surface area (TPSA) is 91.8 Å². The van der Waals surface area contributed by atoms with Gasteiger partial charge in [0.05, 0.1) is 22.6 Å². The van der Waals surface area contributed by atoms with Gasteiger partial charge < -0.3 is 0 Å². The molecule has 0 spiro atoms. The first kappa shape index (κ1) is 17.4. The van der Waals surface area contributed by atoms with E-state index in [4.69, 9.17) is 0 Å². The molecule has 0 saturated heterocycles. The number of para-hydroxylation sites is 1. The molecule has 2 aliphatic rings. The van der Waals surface area contributed by atoms with Gasteiger partial charge in [-0.2, -0.15) is 0 Å². The number of sulfonamides is 1. The normalized spacial score (nSPS) is 16.5. The minimum absolute atomic E-state index is 0.0559. The smallest absolute Gasteiger partial charge is 0.261 e. The largest absolute Gasteiger partial charge is 0.294 e. The van der Waals surface area contributed by atoms with E-state index in [0.717, 1.165) is 4.90 Å². The highest BCUT2D eigenvalue weighted by Crippen LogP contribution is 2.29. The Morgan fingerprint density at radius 3 is 2.00 bits per heavy atom. The minimum atomic E-state index is -3.81. The van der Waals surface area contributed by atoms with E-state index < -0.39 is 27.6 Å². The maximum atomic E-state index is 12.9. The molecule has 0 saturated carbocycles. The summed E-state index contributed by atoms with van der Waals surface area (Å²) in [5.74, 6) is -1.47. The second-order valence-corrected chi connectivity index (χ2v) is 8.40. The number of amides is 2. The third kappa shape index (κ3) is 2.82. The van der Waals surface area contributed by atoms with Gasteiger partial charge in [-0.1, -0.05) is 24.3 Å². The number of Topliss-reactive ketones (excluding diaryl/α,β-unsaturated/α-hetero) is 1. The fourth-order valence-electron chi connectivity index (χ4n) is 3.43. The average Bonchev–Trinajstić information content (AvgIpc) is 2.91. The van der Waals surface area contributed by atoms with Crippen LogP contribution in [0.2, 0.25) is 0 Å². The van der Waals surface area contributed by atoms with Crippen LogP contribution in [0.15, 0.2) is 48.5 Å². The number of anilines is 1.